The number of hydrogen-bond acceptors (Lipinski definition) is 4. The van der Waals surface area contributed by atoms with E-state index in [2.05, 4.69) is 10.4 Å². The molecule has 0 spiro atoms. The molecule has 2 aromatic carbocycles. The second-order valence-corrected chi connectivity index (χ2v) is 7.19. The van der Waals surface area contributed by atoms with Gasteiger partial charge < -0.3 is 15.0 Å². The molecular formula is C22H21F3N4O3. The zero-order valence-corrected chi connectivity index (χ0v) is 17.6. The van der Waals surface area contributed by atoms with Crippen molar-refractivity contribution in [1.82, 2.24) is 14.7 Å². The number of halogens is 3. The van der Waals surface area contributed by atoms with Gasteiger partial charge in [-0.1, -0.05) is 12.1 Å². The Labute approximate surface area is 182 Å². The SMILES string of the molecule is Cc1cc(NC(=O)c2cccc(OCC(=O)N(C)C)c2)n(-c2cccc(C(F)(F)F)c2)n1. The number of carbonyl (C=O) groups is 2. The quantitative estimate of drug-likeness (QED) is 0.623. The number of hydrogen-bond donors (Lipinski definition) is 1. The van der Waals surface area contributed by atoms with Crippen LogP contribution in [0.25, 0.3) is 5.69 Å². The fourth-order valence-corrected chi connectivity index (χ4v) is 2.79. The highest BCUT2D eigenvalue weighted by Crippen LogP contribution is 2.31. The van der Waals surface area contributed by atoms with E-state index in [0.717, 1.165) is 12.1 Å². The van der Waals surface area contributed by atoms with Crippen LogP contribution in [0.5, 0.6) is 5.75 Å². The number of likely N-dealkylation sites (N-methyl/N-ethyl adjacent to an activating group) is 1. The summed E-state index contributed by atoms with van der Waals surface area (Å²) in [5.41, 5.74) is 0.0892. The van der Waals surface area contributed by atoms with Crippen LogP contribution in [0, 0.1) is 6.92 Å². The molecule has 0 fully saturated rings. The molecule has 1 heterocycles. The van der Waals surface area contributed by atoms with E-state index in [0.29, 0.717) is 11.4 Å². The Morgan fingerprint density at radius 1 is 1.09 bits per heavy atom. The molecule has 0 unspecified atom stereocenters. The van der Waals surface area contributed by atoms with E-state index in [4.69, 9.17) is 4.74 Å². The highest BCUT2D eigenvalue weighted by Gasteiger charge is 2.30. The maximum Gasteiger partial charge on any atom is 0.416 e. The van der Waals surface area contributed by atoms with Crippen molar-refractivity contribution in [3.8, 4) is 11.4 Å². The molecule has 1 aromatic heterocycles. The summed E-state index contributed by atoms with van der Waals surface area (Å²) in [6, 6.07) is 12.4. The van der Waals surface area contributed by atoms with E-state index in [1.807, 2.05) is 0 Å². The van der Waals surface area contributed by atoms with Crippen LogP contribution in [0.1, 0.15) is 21.6 Å². The molecule has 3 rings (SSSR count). The summed E-state index contributed by atoms with van der Waals surface area (Å²) < 4.78 is 45.9. The molecule has 168 valence electrons. The van der Waals surface area contributed by atoms with E-state index < -0.39 is 17.6 Å². The monoisotopic (exact) mass is 446 g/mol. The summed E-state index contributed by atoms with van der Waals surface area (Å²) in [6.07, 6.45) is -4.50. The maximum atomic E-state index is 13.1. The number of ether oxygens (including phenoxy) is 1. The minimum Gasteiger partial charge on any atom is -0.484 e. The molecule has 7 nitrogen and oxygen atoms in total. The number of benzene rings is 2. The maximum absolute atomic E-state index is 13.1. The van der Waals surface area contributed by atoms with Gasteiger partial charge in [-0.25, -0.2) is 4.68 Å². The number of alkyl halides is 3. The van der Waals surface area contributed by atoms with Crippen molar-refractivity contribution in [1.29, 1.82) is 0 Å². The Balaban J connectivity index is 1.81. The van der Waals surface area contributed by atoms with Crippen LogP contribution in [0.4, 0.5) is 19.0 Å². The predicted molar refractivity (Wildman–Crippen MR) is 112 cm³/mol. The van der Waals surface area contributed by atoms with Crippen molar-refractivity contribution in [3.63, 3.8) is 0 Å². The molecule has 0 aliphatic rings. The van der Waals surface area contributed by atoms with Gasteiger partial charge in [0.2, 0.25) is 0 Å². The summed E-state index contributed by atoms with van der Waals surface area (Å²) in [7, 11) is 3.20. The van der Waals surface area contributed by atoms with Crippen LogP contribution in [0.15, 0.2) is 54.6 Å². The molecule has 1 N–H and O–H groups in total. The lowest BCUT2D eigenvalue weighted by Gasteiger charge is -2.13. The predicted octanol–water partition coefficient (Wildman–Crippen LogP) is 3.92. The number of nitrogens with zero attached hydrogens (tertiary/aromatic N) is 3. The van der Waals surface area contributed by atoms with Crippen LogP contribution < -0.4 is 10.1 Å². The fourth-order valence-electron chi connectivity index (χ4n) is 2.79. The molecule has 0 bridgehead atoms. The van der Waals surface area contributed by atoms with E-state index in [-0.39, 0.29) is 29.6 Å². The van der Waals surface area contributed by atoms with Gasteiger partial charge in [0.15, 0.2) is 6.61 Å². The Bertz CT molecular complexity index is 1140. The Morgan fingerprint density at radius 2 is 1.81 bits per heavy atom. The smallest absolute Gasteiger partial charge is 0.416 e. The molecule has 10 heteroatoms. The van der Waals surface area contributed by atoms with Gasteiger partial charge in [0.25, 0.3) is 11.8 Å². The second-order valence-electron chi connectivity index (χ2n) is 7.19. The Hall–Kier alpha value is -3.82. The summed E-state index contributed by atoms with van der Waals surface area (Å²) >= 11 is 0. The molecule has 0 radical (unpaired) electrons. The molecule has 0 saturated heterocycles. The van der Waals surface area contributed by atoms with Gasteiger partial charge in [0, 0.05) is 25.7 Å². The second kappa shape index (κ2) is 9.13. The van der Waals surface area contributed by atoms with Crippen molar-refractivity contribution in [2.24, 2.45) is 0 Å². The first-order chi connectivity index (χ1) is 15.0. The molecule has 0 aliphatic carbocycles. The first-order valence-corrected chi connectivity index (χ1v) is 9.53. The molecule has 2 amide bonds. The van der Waals surface area contributed by atoms with Gasteiger partial charge in [-0.3, -0.25) is 9.59 Å². The largest absolute Gasteiger partial charge is 0.484 e. The number of rotatable bonds is 6. The first kappa shape index (κ1) is 22.9. The van der Waals surface area contributed by atoms with E-state index >= 15 is 0 Å². The number of aryl methyl sites for hydroxylation is 1. The number of anilines is 1. The van der Waals surface area contributed by atoms with E-state index in [1.165, 1.54) is 27.8 Å². The standard InChI is InChI=1S/C22H21F3N4O3/c1-14-10-19(29(27-14)17-8-5-7-16(12-17)22(23,24)25)26-21(31)15-6-4-9-18(11-15)32-13-20(30)28(2)3/h4-12H,13H2,1-3H3,(H,26,31). The molecule has 0 atom stereocenters. The van der Waals surface area contributed by atoms with Crippen molar-refractivity contribution >= 4 is 17.6 Å². The zero-order chi connectivity index (χ0) is 23.5. The van der Waals surface area contributed by atoms with Gasteiger partial charge in [-0.05, 0) is 43.3 Å². The Morgan fingerprint density at radius 3 is 2.50 bits per heavy atom. The fraction of sp³-hybridized carbons (Fsp3) is 0.227. The lowest BCUT2D eigenvalue weighted by molar-refractivity contribution is -0.137. The van der Waals surface area contributed by atoms with Crippen molar-refractivity contribution < 1.29 is 27.5 Å². The van der Waals surface area contributed by atoms with E-state index in [9.17, 15) is 22.8 Å². The molecular weight excluding hydrogens is 425 g/mol. The Kier molecular flexibility index (Phi) is 6.52. The highest BCUT2D eigenvalue weighted by atomic mass is 19.4. The molecule has 0 aliphatic heterocycles. The average molecular weight is 446 g/mol. The van der Waals surface area contributed by atoms with Crippen LogP contribution >= 0.6 is 0 Å². The molecule has 3 aromatic rings. The number of aromatic nitrogens is 2. The summed E-state index contributed by atoms with van der Waals surface area (Å²) in [4.78, 5) is 25.8. The molecule has 32 heavy (non-hydrogen) atoms. The third kappa shape index (κ3) is 5.45. The summed E-state index contributed by atoms with van der Waals surface area (Å²) in [5, 5.41) is 6.87. The van der Waals surface area contributed by atoms with Crippen LogP contribution in [-0.2, 0) is 11.0 Å². The third-order valence-electron chi connectivity index (χ3n) is 4.45. The van der Waals surface area contributed by atoms with Crippen LogP contribution in [0.2, 0.25) is 0 Å². The minimum atomic E-state index is -4.50. The van der Waals surface area contributed by atoms with Gasteiger partial charge in [0.1, 0.15) is 11.6 Å². The van der Waals surface area contributed by atoms with Crippen LogP contribution in [-0.4, -0.2) is 47.2 Å². The van der Waals surface area contributed by atoms with Gasteiger partial charge in [-0.15, -0.1) is 0 Å². The number of carbonyl (C=O) groups excluding carboxylic acids is 2. The molecule has 0 saturated carbocycles. The van der Waals surface area contributed by atoms with Crippen molar-refractivity contribution in [2.75, 3.05) is 26.0 Å². The minimum absolute atomic E-state index is 0.155. The lowest BCUT2D eigenvalue weighted by Crippen LogP contribution is -2.27. The van der Waals surface area contributed by atoms with E-state index in [1.54, 1.807) is 45.3 Å². The van der Waals surface area contributed by atoms with Crippen molar-refractivity contribution in [3.05, 3.63) is 71.4 Å². The normalized spacial score (nSPS) is 11.2. The van der Waals surface area contributed by atoms with Gasteiger partial charge in [-0.2, -0.15) is 18.3 Å². The zero-order valence-electron chi connectivity index (χ0n) is 17.6. The van der Waals surface area contributed by atoms with Crippen LogP contribution in [0.3, 0.4) is 0 Å². The van der Waals surface area contributed by atoms with Gasteiger partial charge >= 0.3 is 6.18 Å². The topological polar surface area (TPSA) is 76.5 Å². The average Bonchev–Trinajstić information content (AvgIpc) is 3.11. The number of amides is 2. The van der Waals surface area contributed by atoms with Gasteiger partial charge in [0.05, 0.1) is 16.9 Å². The first-order valence-electron chi connectivity index (χ1n) is 9.53. The van der Waals surface area contributed by atoms with Crippen molar-refractivity contribution in [2.45, 2.75) is 13.1 Å². The lowest BCUT2D eigenvalue weighted by atomic mass is 10.2. The third-order valence-corrected chi connectivity index (χ3v) is 4.45. The summed E-state index contributed by atoms with van der Waals surface area (Å²) in [6.45, 7) is 1.48. The highest BCUT2D eigenvalue weighted by molar-refractivity contribution is 6.04. The summed E-state index contributed by atoms with van der Waals surface area (Å²) in [5.74, 6) is -0.209. The number of nitrogens with one attached hydrogen (secondary N) is 1.